The van der Waals surface area contributed by atoms with Crippen molar-refractivity contribution < 1.29 is 28.7 Å². The fourth-order valence-corrected chi connectivity index (χ4v) is 12.3. The normalized spacial score (nSPS) is 28.1. The van der Waals surface area contributed by atoms with Crippen molar-refractivity contribution in [1.82, 2.24) is 25.0 Å². The average Bonchev–Trinajstić information content (AvgIpc) is 3.52. The molecule has 5 aliphatic heterocycles. The van der Waals surface area contributed by atoms with Gasteiger partial charge in [0.25, 0.3) is 11.8 Å². The fourth-order valence-electron chi connectivity index (χ4n) is 12.1. The summed E-state index contributed by atoms with van der Waals surface area (Å²) < 4.78 is 6.44. The lowest BCUT2D eigenvalue weighted by Gasteiger charge is -2.63. The predicted octanol–water partition coefficient (Wildman–Crippen LogP) is 7.17. The van der Waals surface area contributed by atoms with E-state index in [9.17, 15) is 24.0 Å². The molecule has 1 N–H and O–H groups in total. The Balaban J connectivity index is 0.752. The summed E-state index contributed by atoms with van der Waals surface area (Å²) in [5.41, 5.74) is 2.24. The van der Waals surface area contributed by atoms with Gasteiger partial charge in [-0.1, -0.05) is 51.4 Å². The SMILES string of the molecule is [C-]#[N+]c1ccc(OC2C(C)(C)C(CC(=O)c3ccc(N4CCN5CC(CN6CCCC(c7ccc8c(c7)C(=O)N(C7CCC(=O)NC7=O)C8=O)C6)CCC5C4)nc3)C2(C)C)cc1Cl. The third-order valence-electron chi connectivity index (χ3n) is 15.2. The zero-order chi connectivity index (χ0) is 44.4. The molecule has 6 heterocycles. The summed E-state index contributed by atoms with van der Waals surface area (Å²) in [6.45, 7) is 22.7. The van der Waals surface area contributed by atoms with Gasteiger partial charge in [-0.15, -0.1) is 0 Å². The van der Waals surface area contributed by atoms with Crippen molar-refractivity contribution in [1.29, 1.82) is 0 Å². The van der Waals surface area contributed by atoms with Crippen LogP contribution in [0.25, 0.3) is 4.85 Å². The maximum atomic E-state index is 13.7. The standard InChI is InChI=1S/C49H56ClN7O6/c1-48(2)41(49(3,4)47(48)63-34-12-14-38(51-5)37(50)22-34)23-40(58)31-10-16-42(52-24-31)56-20-19-55-26-29(8-11-33(55)28-56)25-54-18-6-7-32(27-54)30-9-13-35-36(21-30)46(62)57(45(35)61)39-15-17-43(59)53-44(39)60/h9-10,12-14,16,21-22,24,29,32-33,39,41,47H,6-8,11,15,17-20,23,25-28H2,1-4H3,(H,53,59,60). The summed E-state index contributed by atoms with van der Waals surface area (Å²) >= 11 is 6.29. The molecular formula is C49H56ClN7O6. The molecule has 4 amide bonds. The second-order valence-electron chi connectivity index (χ2n) is 19.8. The minimum absolute atomic E-state index is 0.0866. The van der Waals surface area contributed by atoms with Gasteiger partial charge in [0.2, 0.25) is 17.5 Å². The Bertz CT molecular complexity index is 2380. The maximum absolute atomic E-state index is 13.7. The third-order valence-corrected chi connectivity index (χ3v) is 15.5. The lowest BCUT2D eigenvalue weighted by Crippen LogP contribution is -2.66. The first-order valence-electron chi connectivity index (χ1n) is 22.5. The van der Waals surface area contributed by atoms with Gasteiger partial charge < -0.3 is 14.5 Å². The number of benzene rings is 2. The summed E-state index contributed by atoms with van der Waals surface area (Å²) in [5.74, 6) is 0.641. The smallest absolute Gasteiger partial charge is 0.262 e. The van der Waals surface area contributed by atoms with Crippen molar-refractivity contribution in [2.24, 2.45) is 22.7 Å². The molecule has 0 spiro atoms. The first-order valence-corrected chi connectivity index (χ1v) is 22.9. The lowest BCUT2D eigenvalue weighted by atomic mass is 9.44. The van der Waals surface area contributed by atoms with Crippen LogP contribution in [-0.2, 0) is 9.59 Å². The van der Waals surface area contributed by atoms with Crippen LogP contribution in [-0.4, -0.2) is 113 Å². The molecule has 63 heavy (non-hydrogen) atoms. The Kier molecular flexibility index (Phi) is 11.5. The molecule has 14 heteroatoms. The third kappa shape index (κ3) is 8.04. The molecule has 13 nitrogen and oxygen atoms in total. The highest BCUT2D eigenvalue weighted by Crippen LogP contribution is 2.62. The minimum atomic E-state index is -0.965. The number of hydrogen-bond acceptors (Lipinski definition) is 10. The molecule has 2 aromatic carbocycles. The van der Waals surface area contributed by atoms with Gasteiger partial charge >= 0.3 is 0 Å². The van der Waals surface area contributed by atoms with E-state index in [-0.39, 0.29) is 53.3 Å². The summed E-state index contributed by atoms with van der Waals surface area (Å²) in [5, 5.41) is 2.64. The van der Waals surface area contributed by atoms with Gasteiger partial charge in [0, 0.05) is 80.7 Å². The summed E-state index contributed by atoms with van der Waals surface area (Å²) in [6, 6.07) is 14.2. The number of pyridine rings is 1. The Morgan fingerprint density at radius 2 is 1.70 bits per heavy atom. The monoisotopic (exact) mass is 873 g/mol. The number of ketones is 1. The van der Waals surface area contributed by atoms with Gasteiger partial charge in [0.1, 0.15) is 23.7 Å². The Hall–Kier alpha value is -5.16. The number of halogens is 1. The number of nitrogens with one attached hydrogen (secondary N) is 1. The van der Waals surface area contributed by atoms with Crippen LogP contribution in [0.2, 0.25) is 5.02 Å². The molecular weight excluding hydrogens is 818 g/mol. The van der Waals surface area contributed by atoms with Crippen molar-refractivity contribution in [3.63, 3.8) is 0 Å². The highest BCUT2D eigenvalue weighted by Gasteiger charge is 2.63. The van der Waals surface area contributed by atoms with Crippen LogP contribution < -0.4 is 15.0 Å². The number of nitrogens with zero attached hydrogens (tertiary/aromatic N) is 6. The molecule has 0 bridgehead atoms. The number of hydrogen-bond donors (Lipinski definition) is 1. The van der Waals surface area contributed by atoms with E-state index in [0.717, 1.165) is 87.8 Å². The molecule has 1 saturated carbocycles. The molecule has 4 saturated heterocycles. The molecule has 0 radical (unpaired) electrons. The van der Waals surface area contributed by atoms with Crippen molar-refractivity contribution >= 4 is 52.5 Å². The number of amides is 4. The molecule has 5 fully saturated rings. The summed E-state index contributed by atoms with van der Waals surface area (Å²) in [6.07, 6.45) is 6.62. The number of carbonyl (C=O) groups is 5. The van der Waals surface area contributed by atoms with Gasteiger partial charge in [-0.2, -0.15) is 0 Å². The van der Waals surface area contributed by atoms with Crippen LogP contribution in [0.15, 0.2) is 54.7 Å². The van der Waals surface area contributed by atoms with E-state index in [0.29, 0.717) is 51.5 Å². The van der Waals surface area contributed by atoms with Crippen LogP contribution in [0.1, 0.15) is 115 Å². The maximum Gasteiger partial charge on any atom is 0.262 e. The Morgan fingerprint density at radius 1 is 0.905 bits per heavy atom. The van der Waals surface area contributed by atoms with Crippen molar-refractivity contribution in [2.75, 3.05) is 50.7 Å². The molecule has 4 unspecified atom stereocenters. The second-order valence-corrected chi connectivity index (χ2v) is 20.2. The number of aromatic nitrogens is 1. The second kappa shape index (κ2) is 16.8. The molecule has 1 aromatic heterocycles. The molecule has 9 rings (SSSR count). The lowest BCUT2D eigenvalue weighted by molar-refractivity contribution is -0.196. The highest BCUT2D eigenvalue weighted by molar-refractivity contribution is 6.33. The topological polar surface area (TPSA) is 137 Å². The number of ether oxygens (including phenoxy) is 1. The van der Waals surface area contributed by atoms with Crippen LogP contribution >= 0.6 is 11.6 Å². The van der Waals surface area contributed by atoms with Crippen molar-refractivity contribution in [3.8, 4) is 5.75 Å². The van der Waals surface area contributed by atoms with E-state index in [2.05, 4.69) is 52.6 Å². The van der Waals surface area contributed by atoms with Gasteiger partial charge in [-0.25, -0.2) is 9.83 Å². The summed E-state index contributed by atoms with van der Waals surface area (Å²) in [7, 11) is 0. The number of anilines is 1. The number of piperidine rings is 3. The average molecular weight is 874 g/mol. The number of likely N-dealkylation sites (tertiary alicyclic amines) is 1. The summed E-state index contributed by atoms with van der Waals surface area (Å²) in [4.78, 5) is 81.5. The van der Waals surface area contributed by atoms with E-state index >= 15 is 0 Å². The zero-order valence-corrected chi connectivity index (χ0v) is 37.3. The highest BCUT2D eigenvalue weighted by atomic mass is 35.5. The first-order chi connectivity index (χ1) is 30.1. The number of Topliss-reactive ketones (excluding diaryl/α,β-unsaturated/α-hetero) is 1. The van der Waals surface area contributed by atoms with Gasteiger partial charge in [0.05, 0.1) is 22.7 Å². The number of imide groups is 2. The van der Waals surface area contributed by atoms with Gasteiger partial charge in [-0.3, -0.25) is 39.1 Å². The molecule has 330 valence electrons. The molecule has 4 atom stereocenters. The van der Waals surface area contributed by atoms with Crippen molar-refractivity contribution in [2.45, 2.75) is 96.7 Å². The van der Waals surface area contributed by atoms with Crippen LogP contribution in [0.3, 0.4) is 0 Å². The number of piperazine rings is 1. The minimum Gasteiger partial charge on any atom is -0.489 e. The number of carbonyl (C=O) groups excluding carboxylic acids is 5. The zero-order valence-electron chi connectivity index (χ0n) is 36.6. The Morgan fingerprint density at radius 3 is 2.43 bits per heavy atom. The first kappa shape index (κ1) is 43.1. The quantitative estimate of drug-likeness (QED) is 0.127. The fraction of sp³-hybridized carbons (Fsp3) is 0.531. The molecule has 3 aromatic rings. The number of fused-ring (bicyclic) bond motifs is 2. The van der Waals surface area contributed by atoms with Crippen LogP contribution in [0.5, 0.6) is 5.75 Å². The van der Waals surface area contributed by atoms with Crippen molar-refractivity contribution in [3.05, 3.63) is 93.4 Å². The van der Waals surface area contributed by atoms with Crippen LogP contribution in [0, 0.1) is 29.2 Å². The van der Waals surface area contributed by atoms with Gasteiger partial charge in [-0.05, 0) is 98.4 Å². The van der Waals surface area contributed by atoms with E-state index in [4.69, 9.17) is 27.9 Å². The number of rotatable bonds is 10. The van der Waals surface area contributed by atoms with Gasteiger partial charge in [0.15, 0.2) is 5.78 Å². The van der Waals surface area contributed by atoms with E-state index in [1.807, 2.05) is 24.3 Å². The molecule has 6 aliphatic rings. The van der Waals surface area contributed by atoms with Crippen LogP contribution in [0.4, 0.5) is 11.5 Å². The largest absolute Gasteiger partial charge is 0.489 e. The Labute approximate surface area is 374 Å². The molecule has 1 aliphatic carbocycles. The van der Waals surface area contributed by atoms with E-state index < -0.39 is 23.8 Å². The van der Waals surface area contributed by atoms with E-state index in [1.54, 1.807) is 30.5 Å². The van der Waals surface area contributed by atoms with E-state index in [1.165, 1.54) is 0 Å². The predicted molar refractivity (Wildman–Crippen MR) is 238 cm³/mol.